The van der Waals surface area contributed by atoms with Crippen molar-refractivity contribution in [3.63, 3.8) is 0 Å². The van der Waals surface area contributed by atoms with Crippen molar-refractivity contribution in [2.75, 3.05) is 52.8 Å². The number of benzene rings is 1. The number of hydrogen-bond donors (Lipinski definition) is 1. The lowest BCUT2D eigenvalue weighted by Gasteiger charge is -2.27. The van der Waals surface area contributed by atoms with E-state index in [0.717, 1.165) is 19.3 Å². The Morgan fingerprint density at radius 1 is 1.39 bits per heavy atom. The summed E-state index contributed by atoms with van der Waals surface area (Å²) >= 11 is 1.35. The lowest BCUT2D eigenvalue weighted by Crippen LogP contribution is -2.33. The zero-order valence-electron chi connectivity index (χ0n) is 21.3. The van der Waals surface area contributed by atoms with Gasteiger partial charge < -0.3 is 24.3 Å². The van der Waals surface area contributed by atoms with Gasteiger partial charge in [-0.1, -0.05) is 11.8 Å². The second-order valence-electron chi connectivity index (χ2n) is 8.52. The maximum absolute atomic E-state index is 14.7. The largest absolute Gasteiger partial charge is 0.488 e. The van der Waals surface area contributed by atoms with Gasteiger partial charge in [-0.05, 0) is 58.5 Å². The Morgan fingerprint density at radius 2 is 2.22 bits per heavy atom. The number of nitrogens with zero attached hydrogens (tertiary/aromatic N) is 2. The first-order valence-electron chi connectivity index (χ1n) is 12.1. The third kappa shape index (κ3) is 8.45. The second-order valence-corrected chi connectivity index (χ2v) is 9.60. The highest BCUT2D eigenvalue weighted by Crippen LogP contribution is 2.27. The van der Waals surface area contributed by atoms with Crippen molar-refractivity contribution < 1.29 is 28.1 Å². The summed E-state index contributed by atoms with van der Waals surface area (Å²) in [5.74, 6) is 5.05. The van der Waals surface area contributed by atoms with Crippen LogP contribution in [0.1, 0.15) is 47.1 Å². The zero-order chi connectivity index (χ0) is 25.9. The predicted octanol–water partition coefficient (Wildman–Crippen LogP) is 3.95. The monoisotopic (exact) mass is 519 g/mol. The van der Waals surface area contributed by atoms with Crippen molar-refractivity contribution in [2.45, 2.75) is 45.0 Å². The number of carbonyl (C=O) groups is 1. The van der Waals surface area contributed by atoms with Gasteiger partial charge in [-0.2, -0.15) is 0 Å². The molecule has 0 radical (unpaired) electrons. The molecule has 0 bridgehead atoms. The first-order valence-corrected chi connectivity index (χ1v) is 12.9. The SMILES string of the molecule is CCOC(=O)c1nc(NC)sc1CC(COc1ccc(C#CCN(C)C)cc1F)OC1CCCCO1. The molecule has 1 saturated heterocycles. The molecular weight excluding hydrogens is 485 g/mol. The van der Waals surface area contributed by atoms with E-state index in [9.17, 15) is 9.18 Å². The van der Waals surface area contributed by atoms with Crippen LogP contribution in [-0.2, 0) is 20.6 Å². The third-order valence-corrected chi connectivity index (χ3v) is 6.35. The highest BCUT2D eigenvalue weighted by molar-refractivity contribution is 7.15. The minimum atomic E-state index is -0.498. The summed E-state index contributed by atoms with van der Waals surface area (Å²) in [6.07, 6.45) is 2.22. The molecule has 1 N–H and O–H groups in total. The van der Waals surface area contributed by atoms with Crippen molar-refractivity contribution in [3.05, 3.63) is 40.2 Å². The number of rotatable bonds is 11. The van der Waals surface area contributed by atoms with Crippen molar-refractivity contribution in [1.29, 1.82) is 0 Å². The van der Waals surface area contributed by atoms with Crippen molar-refractivity contribution in [2.24, 2.45) is 0 Å². The number of hydrogen-bond acceptors (Lipinski definition) is 9. The normalized spacial score (nSPS) is 16.2. The standard InChI is InChI=1S/C26H34FN3O5S/c1-5-32-25(31)24-22(36-26(28-2)29-24)16-19(35-23-10-6-7-14-33-23)17-34-21-12-11-18(15-20(21)27)9-8-13-30(3)4/h11-12,15,19,23H,5-7,10,13-14,16-17H2,1-4H3,(H,28,29). The summed E-state index contributed by atoms with van der Waals surface area (Å²) in [5.41, 5.74) is 0.824. The molecule has 1 aromatic heterocycles. The molecule has 1 aliphatic heterocycles. The van der Waals surface area contributed by atoms with Crippen LogP contribution in [0.4, 0.5) is 9.52 Å². The number of ether oxygens (including phenoxy) is 4. The molecule has 2 heterocycles. The molecule has 1 aromatic carbocycles. The number of esters is 1. The Bertz CT molecular complexity index is 1060. The van der Waals surface area contributed by atoms with Crippen molar-refractivity contribution in [1.82, 2.24) is 9.88 Å². The minimum Gasteiger partial charge on any atom is -0.488 e. The van der Waals surface area contributed by atoms with Gasteiger partial charge in [-0.15, -0.1) is 11.3 Å². The van der Waals surface area contributed by atoms with Crippen LogP contribution in [0.5, 0.6) is 5.75 Å². The predicted molar refractivity (Wildman–Crippen MR) is 137 cm³/mol. The van der Waals surface area contributed by atoms with Crippen LogP contribution in [0, 0.1) is 17.7 Å². The number of aromatic nitrogens is 1. The van der Waals surface area contributed by atoms with Crippen molar-refractivity contribution >= 4 is 22.4 Å². The summed E-state index contributed by atoms with van der Waals surface area (Å²) in [6.45, 7) is 3.27. The maximum Gasteiger partial charge on any atom is 0.358 e. The summed E-state index contributed by atoms with van der Waals surface area (Å²) in [4.78, 5) is 19.5. The smallest absolute Gasteiger partial charge is 0.358 e. The Hall–Kier alpha value is -2.71. The summed E-state index contributed by atoms with van der Waals surface area (Å²) in [7, 11) is 5.58. The van der Waals surface area contributed by atoms with Gasteiger partial charge in [0.2, 0.25) is 0 Å². The molecule has 8 nitrogen and oxygen atoms in total. The number of thiazole rings is 1. The van der Waals surface area contributed by atoms with Gasteiger partial charge in [-0.3, -0.25) is 4.90 Å². The molecule has 0 spiro atoms. The molecule has 1 fully saturated rings. The van der Waals surface area contributed by atoms with E-state index in [1.165, 1.54) is 17.4 Å². The molecule has 196 valence electrons. The van der Waals surface area contributed by atoms with Crippen LogP contribution in [0.15, 0.2) is 18.2 Å². The lowest BCUT2D eigenvalue weighted by molar-refractivity contribution is -0.192. The molecule has 10 heteroatoms. The Kier molecular flexibility index (Phi) is 10.9. The fraction of sp³-hybridized carbons (Fsp3) is 0.538. The summed E-state index contributed by atoms with van der Waals surface area (Å²) < 4.78 is 37.7. The molecule has 2 atom stereocenters. The minimum absolute atomic E-state index is 0.0670. The number of halogens is 1. The first kappa shape index (κ1) is 27.9. The van der Waals surface area contributed by atoms with E-state index in [0.29, 0.717) is 35.1 Å². The highest BCUT2D eigenvalue weighted by atomic mass is 32.1. The van der Waals surface area contributed by atoms with Gasteiger partial charge >= 0.3 is 5.97 Å². The molecule has 0 amide bonds. The molecule has 0 aliphatic carbocycles. The topological polar surface area (TPSA) is 82.2 Å². The summed E-state index contributed by atoms with van der Waals surface area (Å²) in [5, 5.41) is 3.57. The molecular formula is C26H34FN3O5S. The van der Waals surface area contributed by atoms with Crippen LogP contribution in [0.3, 0.4) is 0 Å². The highest BCUT2D eigenvalue weighted by Gasteiger charge is 2.26. The number of carbonyl (C=O) groups excluding carboxylic acids is 1. The average Bonchev–Trinajstić information content (AvgIpc) is 3.27. The molecule has 2 aromatic rings. The van der Waals surface area contributed by atoms with Crippen LogP contribution < -0.4 is 10.1 Å². The molecule has 1 aliphatic rings. The number of nitrogens with one attached hydrogen (secondary N) is 1. The molecule has 3 rings (SSSR count). The van der Waals surface area contributed by atoms with Crippen LogP contribution in [-0.4, -0.2) is 75.8 Å². The Labute approximate surface area is 216 Å². The van der Waals surface area contributed by atoms with E-state index in [2.05, 4.69) is 22.1 Å². The lowest BCUT2D eigenvalue weighted by atomic mass is 10.1. The van der Waals surface area contributed by atoms with Gasteiger partial charge in [0, 0.05) is 30.5 Å². The quantitative estimate of drug-likeness (QED) is 0.353. The molecule has 2 unspecified atom stereocenters. The fourth-order valence-electron chi connectivity index (χ4n) is 3.52. The number of anilines is 1. The third-order valence-electron chi connectivity index (χ3n) is 5.26. The van der Waals surface area contributed by atoms with Crippen LogP contribution in [0.25, 0.3) is 0 Å². The fourth-order valence-corrected chi connectivity index (χ4v) is 4.49. The molecule has 0 saturated carbocycles. The van der Waals surface area contributed by atoms with E-state index in [-0.39, 0.29) is 30.9 Å². The first-order chi connectivity index (χ1) is 17.4. The van der Waals surface area contributed by atoms with Gasteiger partial charge in [-0.25, -0.2) is 14.2 Å². The van der Waals surface area contributed by atoms with E-state index in [4.69, 9.17) is 18.9 Å². The Balaban J connectivity index is 1.74. The molecule has 36 heavy (non-hydrogen) atoms. The van der Waals surface area contributed by atoms with Gasteiger partial charge in [0.25, 0.3) is 0 Å². The van der Waals surface area contributed by atoms with Crippen LogP contribution in [0.2, 0.25) is 0 Å². The van der Waals surface area contributed by atoms with Gasteiger partial charge in [0.05, 0.1) is 19.3 Å². The van der Waals surface area contributed by atoms with E-state index >= 15 is 0 Å². The summed E-state index contributed by atoms with van der Waals surface area (Å²) in [6, 6.07) is 4.65. The zero-order valence-corrected chi connectivity index (χ0v) is 22.1. The van der Waals surface area contributed by atoms with E-state index in [1.807, 2.05) is 19.0 Å². The maximum atomic E-state index is 14.7. The average molecular weight is 520 g/mol. The second kappa shape index (κ2) is 14.1. The van der Waals surface area contributed by atoms with Gasteiger partial charge in [0.15, 0.2) is 28.7 Å². The van der Waals surface area contributed by atoms with E-state index < -0.39 is 17.9 Å². The van der Waals surface area contributed by atoms with Crippen molar-refractivity contribution in [3.8, 4) is 17.6 Å². The Morgan fingerprint density at radius 3 is 2.89 bits per heavy atom. The van der Waals surface area contributed by atoms with E-state index in [1.54, 1.807) is 26.1 Å². The van der Waals surface area contributed by atoms with Gasteiger partial charge in [0.1, 0.15) is 6.61 Å². The van der Waals surface area contributed by atoms with Crippen LogP contribution >= 0.6 is 11.3 Å².